The van der Waals surface area contributed by atoms with E-state index in [0.29, 0.717) is 15.8 Å². The summed E-state index contributed by atoms with van der Waals surface area (Å²) in [6, 6.07) is 11.5. The van der Waals surface area contributed by atoms with E-state index < -0.39 is 19.7 Å². The predicted molar refractivity (Wildman–Crippen MR) is 92.8 cm³/mol. The highest BCUT2D eigenvalue weighted by atomic mass is 79.9. The summed E-state index contributed by atoms with van der Waals surface area (Å²) < 4.78 is 42.5. The second-order valence-electron chi connectivity index (χ2n) is 4.95. The van der Waals surface area contributed by atoms with Crippen LogP contribution in [0.15, 0.2) is 51.8 Å². The summed E-state index contributed by atoms with van der Waals surface area (Å²) >= 11 is 4.68. The number of hydrogen-bond acceptors (Lipinski definition) is 5. The van der Waals surface area contributed by atoms with Gasteiger partial charge in [0.1, 0.15) is 0 Å². The Hall–Kier alpha value is -1.25. The number of rotatable bonds is 8. The van der Waals surface area contributed by atoms with E-state index in [-0.39, 0.29) is 5.56 Å². The zero-order valence-corrected chi connectivity index (χ0v) is 15.8. The molecule has 2 aromatic carbocycles. The Morgan fingerprint density at radius 3 is 2.52 bits per heavy atom. The van der Waals surface area contributed by atoms with E-state index in [0.717, 1.165) is 10.5 Å². The lowest BCUT2D eigenvalue weighted by atomic mass is 10.2. The number of hydrogen-bond donors (Lipinski definition) is 1. The van der Waals surface area contributed by atoms with Crippen LogP contribution in [-0.4, -0.2) is 11.1 Å². The monoisotopic (exact) mass is 452 g/mol. The van der Waals surface area contributed by atoms with Crippen LogP contribution in [0, 0.1) is 0 Å². The fourth-order valence-electron chi connectivity index (χ4n) is 1.96. The highest BCUT2D eigenvalue weighted by molar-refractivity contribution is 9.10. The third kappa shape index (κ3) is 5.62. The quantitative estimate of drug-likeness (QED) is 0.394. The molecule has 0 bridgehead atoms. The van der Waals surface area contributed by atoms with E-state index in [4.69, 9.17) is 5.11 Å². The maximum absolute atomic E-state index is 12.1. The Bertz CT molecular complexity index is 812. The van der Waals surface area contributed by atoms with Crippen LogP contribution >= 0.6 is 35.3 Å². The van der Waals surface area contributed by atoms with Crippen molar-refractivity contribution in [3.05, 3.63) is 63.6 Å². The summed E-state index contributed by atoms with van der Waals surface area (Å²) in [7, 11) is -4.45. The first-order chi connectivity index (χ1) is 11.9. The Morgan fingerprint density at radius 1 is 1.20 bits per heavy atom. The minimum Gasteiger partial charge on any atom is -0.478 e. The second-order valence-corrected chi connectivity index (χ2v) is 8.67. The molecule has 0 atom stereocenters. The third-order valence-corrected chi connectivity index (χ3v) is 6.13. The molecule has 0 aromatic heterocycles. The van der Waals surface area contributed by atoms with E-state index in [9.17, 15) is 18.4 Å². The Balaban J connectivity index is 2.07. The molecule has 0 saturated carbocycles. The lowest BCUT2D eigenvalue weighted by Crippen LogP contribution is -1.95. The largest absolute Gasteiger partial charge is 0.478 e. The summed E-state index contributed by atoms with van der Waals surface area (Å²) in [5, 5.41) is 8.98. The number of thioether (sulfide) groups is 1. The zero-order chi connectivity index (χ0) is 18.4. The van der Waals surface area contributed by atoms with Gasteiger partial charge in [0, 0.05) is 15.1 Å². The molecule has 0 unspecified atom stereocenters. The van der Waals surface area contributed by atoms with E-state index in [1.54, 1.807) is 36.4 Å². The van der Waals surface area contributed by atoms with Gasteiger partial charge < -0.3 is 5.11 Å². The van der Waals surface area contributed by atoms with Crippen molar-refractivity contribution in [2.75, 3.05) is 0 Å². The van der Waals surface area contributed by atoms with Crippen molar-refractivity contribution in [3.63, 3.8) is 0 Å². The van der Waals surface area contributed by atoms with E-state index in [1.807, 2.05) is 0 Å². The van der Waals surface area contributed by atoms with E-state index >= 15 is 0 Å². The summed E-state index contributed by atoms with van der Waals surface area (Å²) in [4.78, 5) is 11.8. The van der Waals surface area contributed by atoms with Crippen LogP contribution in [0.1, 0.15) is 21.5 Å². The molecular weight excluding hydrogens is 441 g/mol. The van der Waals surface area contributed by atoms with Crippen molar-refractivity contribution in [1.82, 2.24) is 0 Å². The van der Waals surface area contributed by atoms with Gasteiger partial charge in [0.2, 0.25) is 0 Å². The van der Waals surface area contributed by atoms with Crippen molar-refractivity contribution >= 4 is 41.3 Å². The van der Waals surface area contributed by atoms with Crippen molar-refractivity contribution in [2.24, 2.45) is 0 Å². The highest BCUT2D eigenvalue weighted by Gasteiger charge is 2.29. The molecule has 10 heteroatoms. The number of halogens is 3. The number of benzene rings is 2. The molecule has 0 aliphatic heterocycles. The number of carbonyl (C=O) groups is 1. The van der Waals surface area contributed by atoms with Crippen LogP contribution in [0.2, 0.25) is 0 Å². The van der Waals surface area contributed by atoms with Gasteiger partial charge in [-0.1, -0.05) is 34.1 Å². The zero-order valence-electron chi connectivity index (χ0n) is 12.5. The van der Waals surface area contributed by atoms with Crippen LogP contribution in [-0.2, 0) is 25.9 Å². The lowest BCUT2D eigenvalue weighted by molar-refractivity contribution is -0.0881. The third-order valence-electron chi connectivity index (χ3n) is 3.18. The molecule has 0 amide bonds. The van der Waals surface area contributed by atoms with Crippen molar-refractivity contribution in [1.29, 1.82) is 0 Å². The van der Waals surface area contributed by atoms with Gasteiger partial charge in [-0.2, -0.15) is 0 Å². The molecule has 0 fully saturated rings. The molecule has 0 aliphatic carbocycles. The van der Waals surface area contributed by atoms with E-state index in [2.05, 4.69) is 25.4 Å². The first-order valence-corrected chi connectivity index (χ1v) is 10.3. The lowest BCUT2D eigenvalue weighted by Gasteiger charge is -2.10. The topological polar surface area (TPSA) is 72.8 Å². The number of carboxylic acid groups (broad SMARTS) is 1. The Morgan fingerprint density at radius 2 is 1.92 bits per heavy atom. The summed E-state index contributed by atoms with van der Waals surface area (Å²) in [6.07, 6.45) is -0.561. The molecule has 5 nitrogen and oxygen atoms in total. The highest BCUT2D eigenvalue weighted by Crippen LogP contribution is 2.53. The van der Waals surface area contributed by atoms with Gasteiger partial charge in [-0.15, -0.1) is 21.2 Å². The first kappa shape index (κ1) is 20.1. The van der Waals surface area contributed by atoms with Gasteiger partial charge in [0.05, 0.1) is 11.7 Å². The average Bonchev–Trinajstić information content (AvgIpc) is 2.62. The predicted octanol–water partition coefficient (Wildman–Crippen LogP) is 5.93. The number of aromatic carboxylic acids is 1. The van der Waals surface area contributed by atoms with Gasteiger partial charge in [-0.25, -0.2) is 4.79 Å². The molecule has 0 radical (unpaired) electrons. The second kappa shape index (κ2) is 8.91. The minimum absolute atomic E-state index is 0.203. The number of carboxylic acids is 1. The molecule has 0 spiro atoms. The fraction of sp³-hybridized carbons (Fsp3) is 0.133. The molecule has 0 heterocycles. The molecule has 0 aliphatic rings. The van der Waals surface area contributed by atoms with Gasteiger partial charge in [0.15, 0.2) is 0 Å². The van der Waals surface area contributed by atoms with E-state index in [1.165, 1.54) is 17.8 Å². The molecule has 2 aromatic rings. The minimum atomic E-state index is -4.45. The molecular formula is C15H12BrF2O5PS. The molecule has 1 N–H and O–H groups in total. The smallest absolute Gasteiger partial charge is 0.399 e. The Labute approximate surface area is 154 Å². The van der Waals surface area contributed by atoms with Crippen LogP contribution < -0.4 is 0 Å². The maximum Gasteiger partial charge on any atom is 0.399 e. The average molecular weight is 453 g/mol. The van der Waals surface area contributed by atoms with Crippen LogP contribution in [0.4, 0.5) is 9.05 Å². The van der Waals surface area contributed by atoms with Gasteiger partial charge in [-0.05, 0) is 44.4 Å². The summed E-state index contributed by atoms with van der Waals surface area (Å²) in [5.74, 6) is -0.456. The molecule has 2 rings (SSSR count). The fourth-order valence-corrected chi connectivity index (χ4v) is 4.46. The van der Waals surface area contributed by atoms with Crippen LogP contribution in [0.3, 0.4) is 0 Å². The van der Waals surface area contributed by atoms with Crippen LogP contribution in [0.25, 0.3) is 0 Å². The molecule has 134 valence electrons. The Kier molecular flexibility index (Phi) is 7.15. The van der Waals surface area contributed by atoms with Gasteiger partial charge >= 0.3 is 13.6 Å². The van der Waals surface area contributed by atoms with Gasteiger partial charge in [-0.3, -0.25) is 4.57 Å². The SMILES string of the molecule is O=C(O)c1cccc(SCc2ccc(CP(=O)(OF)OF)c(Br)c2)c1. The van der Waals surface area contributed by atoms with Gasteiger partial charge in [0.25, 0.3) is 0 Å². The van der Waals surface area contributed by atoms with Crippen molar-refractivity contribution < 1.29 is 33.0 Å². The summed E-state index contributed by atoms with van der Waals surface area (Å²) in [6.45, 7) is 0. The first-order valence-electron chi connectivity index (χ1n) is 6.80. The van der Waals surface area contributed by atoms with Crippen molar-refractivity contribution in [3.8, 4) is 0 Å². The standard InChI is InChI=1S/C15H12BrF2O5PS/c16-14-6-10(4-5-12(14)8-24(21,22-17)23-18)9-25-13-3-1-2-11(7-13)15(19)20/h1-7H,8-9H2,(H,19,20). The normalized spacial score (nSPS) is 11.5. The maximum atomic E-state index is 12.1. The molecule has 0 saturated heterocycles. The summed E-state index contributed by atoms with van der Waals surface area (Å²) in [5.41, 5.74) is 1.44. The molecule has 25 heavy (non-hydrogen) atoms. The van der Waals surface area contributed by atoms with Crippen molar-refractivity contribution in [2.45, 2.75) is 16.8 Å². The van der Waals surface area contributed by atoms with Crippen LogP contribution in [0.5, 0.6) is 0 Å².